The molecular formula is C24H38N4O. The maximum atomic E-state index is 5.96. The summed E-state index contributed by atoms with van der Waals surface area (Å²) in [7, 11) is 1.80. The van der Waals surface area contributed by atoms with Crippen molar-refractivity contribution in [3.8, 4) is 0 Å². The molecule has 1 unspecified atom stereocenters. The lowest BCUT2D eigenvalue weighted by Crippen LogP contribution is -2.34. The number of nitrogens with two attached hydrogens (primary N) is 1. The van der Waals surface area contributed by atoms with Crippen LogP contribution in [0.15, 0.2) is 30.6 Å². The number of hydrogen-bond acceptors (Lipinski definition) is 5. The number of pyridine rings is 2. The first-order chi connectivity index (χ1) is 14.0. The molecule has 0 amide bonds. The van der Waals surface area contributed by atoms with Crippen LogP contribution in [0.1, 0.15) is 67.6 Å². The van der Waals surface area contributed by atoms with E-state index in [2.05, 4.69) is 50.1 Å². The van der Waals surface area contributed by atoms with Gasteiger partial charge in [0, 0.05) is 49.8 Å². The third-order valence-electron chi connectivity index (χ3n) is 5.99. The quantitative estimate of drug-likeness (QED) is 0.561. The number of aryl methyl sites for hydroxylation is 2. The van der Waals surface area contributed by atoms with E-state index in [-0.39, 0.29) is 5.60 Å². The molecule has 0 bridgehead atoms. The van der Waals surface area contributed by atoms with Crippen LogP contribution in [0.3, 0.4) is 0 Å². The third kappa shape index (κ3) is 6.08. The van der Waals surface area contributed by atoms with Crippen LogP contribution < -0.4 is 11.1 Å². The summed E-state index contributed by atoms with van der Waals surface area (Å²) in [6.45, 7) is 9.98. The number of ether oxygens (including phenoxy) is 1. The van der Waals surface area contributed by atoms with Gasteiger partial charge in [-0.1, -0.05) is 26.0 Å². The van der Waals surface area contributed by atoms with Crippen molar-refractivity contribution in [2.45, 2.75) is 78.0 Å². The molecule has 0 aliphatic carbocycles. The number of nitrogens with one attached hydrogen (secondary N) is 1. The molecule has 0 saturated heterocycles. The normalized spacial score (nSPS) is 12.9. The minimum atomic E-state index is -0.285. The Morgan fingerprint density at radius 3 is 2.55 bits per heavy atom. The Morgan fingerprint density at radius 1 is 1.17 bits per heavy atom. The average molecular weight is 399 g/mol. The summed E-state index contributed by atoms with van der Waals surface area (Å²) in [4.78, 5) is 9.36. The van der Waals surface area contributed by atoms with Crippen molar-refractivity contribution in [2.24, 2.45) is 5.73 Å². The Balaban J connectivity index is 2.19. The van der Waals surface area contributed by atoms with Gasteiger partial charge in [-0.05, 0) is 63.3 Å². The van der Waals surface area contributed by atoms with Crippen LogP contribution in [0.2, 0.25) is 0 Å². The molecule has 0 aromatic carbocycles. The zero-order chi connectivity index (χ0) is 21.3. The Labute approximate surface area is 176 Å². The summed E-state index contributed by atoms with van der Waals surface area (Å²) in [5, 5.41) is 3.73. The topological polar surface area (TPSA) is 73.1 Å². The van der Waals surface area contributed by atoms with Crippen molar-refractivity contribution in [2.75, 3.05) is 13.7 Å². The lowest BCUT2D eigenvalue weighted by Gasteiger charge is -2.32. The zero-order valence-electron chi connectivity index (χ0n) is 18.8. The number of aromatic nitrogens is 2. The SMILES string of the molecule is CCC(CC)(OC)c1cccnc1CNC(CCCN)Cc1ncc(C)cc1C. The van der Waals surface area contributed by atoms with Gasteiger partial charge >= 0.3 is 0 Å². The molecule has 2 rings (SSSR count). The van der Waals surface area contributed by atoms with Gasteiger partial charge in [0.05, 0.1) is 11.3 Å². The first-order valence-corrected chi connectivity index (χ1v) is 10.8. The maximum Gasteiger partial charge on any atom is 0.0940 e. The molecule has 3 N–H and O–H groups in total. The molecule has 0 radical (unpaired) electrons. The summed E-state index contributed by atoms with van der Waals surface area (Å²) in [5.41, 5.74) is 11.3. The molecule has 5 nitrogen and oxygen atoms in total. The van der Waals surface area contributed by atoms with Gasteiger partial charge in [0.25, 0.3) is 0 Å². The summed E-state index contributed by atoms with van der Waals surface area (Å²) in [6.07, 6.45) is 8.56. The molecular weight excluding hydrogens is 360 g/mol. The molecule has 0 saturated carbocycles. The van der Waals surface area contributed by atoms with E-state index >= 15 is 0 Å². The van der Waals surface area contributed by atoms with Crippen LogP contribution in [0.5, 0.6) is 0 Å². The van der Waals surface area contributed by atoms with Gasteiger partial charge < -0.3 is 15.8 Å². The fourth-order valence-electron chi connectivity index (χ4n) is 4.10. The highest BCUT2D eigenvalue weighted by molar-refractivity contribution is 5.27. The number of rotatable bonds is 12. The van der Waals surface area contributed by atoms with E-state index in [4.69, 9.17) is 15.5 Å². The highest BCUT2D eigenvalue weighted by atomic mass is 16.5. The average Bonchev–Trinajstić information content (AvgIpc) is 2.74. The minimum Gasteiger partial charge on any atom is -0.373 e. The van der Waals surface area contributed by atoms with Crippen LogP contribution in [-0.2, 0) is 23.3 Å². The minimum absolute atomic E-state index is 0.285. The predicted octanol–water partition coefficient (Wildman–Crippen LogP) is 4.19. The van der Waals surface area contributed by atoms with Crippen molar-refractivity contribution in [1.82, 2.24) is 15.3 Å². The standard InChI is InChI=1S/C24H38N4O/c1-6-24(7-2,29-5)21-11-9-13-26-23(21)17-27-20(10-8-12-25)15-22-19(4)14-18(3)16-28-22/h9,11,13-14,16,20,27H,6-8,10,12,15,17,25H2,1-5H3. The van der Waals surface area contributed by atoms with Gasteiger partial charge in [-0.15, -0.1) is 0 Å². The van der Waals surface area contributed by atoms with Crippen molar-refractivity contribution >= 4 is 0 Å². The largest absolute Gasteiger partial charge is 0.373 e. The van der Waals surface area contributed by atoms with Crippen LogP contribution in [0.4, 0.5) is 0 Å². The number of nitrogens with zero attached hydrogens (tertiary/aromatic N) is 2. The summed E-state index contributed by atoms with van der Waals surface area (Å²) in [5.74, 6) is 0. The molecule has 2 aromatic rings. The molecule has 5 heteroatoms. The molecule has 0 spiro atoms. The van der Waals surface area contributed by atoms with E-state index < -0.39 is 0 Å². The van der Waals surface area contributed by atoms with E-state index in [9.17, 15) is 0 Å². The van der Waals surface area contributed by atoms with Crippen LogP contribution in [0, 0.1) is 13.8 Å². The smallest absolute Gasteiger partial charge is 0.0940 e. The lowest BCUT2D eigenvalue weighted by atomic mass is 9.87. The molecule has 0 aliphatic heterocycles. The van der Waals surface area contributed by atoms with Gasteiger partial charge in [-0.25, -0.2) is 0 Å². The molecule has 0 fully saturated rings. The van der Waals surface area contributed by atoms with Gasteiger partial charge in [0.15, 0.2) is 0 Å². The van der Waals surface area contributed by atoms with Crippen molar-refractivity contribution in [1.29, 1.82) is 0 Å². The number of methoxy groups -OCH3 is 1. The van der Waals surface area contributed by atoms with Gasteiger partial charge in [-0.3, -0.25) is 9.97 Å². The van der Waals surface area contributed by atoms with Crippen molar-refractivity contribution < 1.29 is 4.74 Å². The molecule has 2 heterocycles. The van der Waals surface area contributed by atoms with Gasteiger partial charge in [0.2, 0.25) is 0 Å². The summed E-state index contributed by atoms with van der Waals surface area (Å²) >= 11 is 0. The predicted molar refractivity (Wildman–Crippen MR) is 120 cm³/mol. The summed E-state index contributed by atoms with van der Waals surface area (Å²) in [6, 6.07) is 6.67. The summed E-state index contributed by atoms with van der Waals surface area (Å²) < 4.78 is 5.96. The molecule has 160 valence electrons. The Kier molecular flexibility index (Phi) is 9.21. The first kappa shape index (κ1) is 23.5. The fraction of sp³-hybridized carbons (Fsp3) is 0.583. The highest BCUT2D eigenvalue weighted by Gasteiger charge is 2.31. The molecule has 1 atom stereocenters. The van der Waals surface area contributed by atoms with Crippen molar-refractivity contribution in [3.63, 3.8) is 0 Å². The van der Waals surface area contributed by atoms with E-state index in [1.807, 2.05) is 18.5 Å². The third-order valence-corrected chi connectivity index (χ3v) is 5.99. The maximum absolute atomic E-state index is 5.96. The zero-order valence-corrected chi connectivity index (χ0v) is 18.8. The van der Waals surface area contributed by atoms with Crippen LogP contribution in [-0.4, -0.2) is 29.7 Å². The van der Waals surface area contributed by atoms with E-state index in [0.29, 0.717) is 19.1 Å². The lowest BCUT2D eigenvalue weighted by molar-refractivity contribution is -0.0228. The van der Waals surface area contributed by atoms with Gasteiger partial charge in [0.1, 0.15) is 0 Å². The second-order valence-corrected chi connectivity index (χ2v) is 7.89. The van der Waals surface area contributed by atoms with Crippen LogP contribution in [0.25, 0.3) is 0 Å². The van der Waals surface area contributed by atoms with E-state index in [0.717, 1.165) is 43.5 Å². The highest BCUT2D eigenvalue weighted by Crippen LogP contribution is 2.34. The molecule has 29 heavy (non-hydrogen) atoms. The molecule has 2 aromatic heterocycles. The fourth-order valence-corrected chi connectivity index (χ4v) is 4.10. The van der Waals surface area contributed by atoms with E-state index in [1.54, 1.807) is 7.11 Å². The second kappa shape index (κ2) is 11.4. The van der Waals surface area contributed by atoms with Crippen LogP contribution >= 0.6 is 0 Å². The second-order valence-electron chi connectivity index (χ2n) is 7.89. The molecule has 0 aliphatic rings. The van der Waals surface area contributed by atoms with Crippen molar-refractivity contribution in [3.05, 3.63) is 58.7 Å². The Bertz CT molecular complexity index is 750. The van der Waals surface area contributed by atoms with E-state index in [1.165, 1.54) is 16.7 Å². The Morgan fingerprint density at radius 2 is 1.93 bits per heavy atom. The number of hydrogen-bond donors (Lipinski definition) is 2. The Hall–Kier alpha value is -1.82. The monoisotopic (exact) mass is 398 g/mol. The van der Waals surface area contributed by atoms with Gasteiger partial charge in [-0.2, -0.15) is 0 Å². The first-order valence-electron chi connectivity index (χ1n) is 10.8.